The third-order valence-electron chi connectivity index (χ3n) is 3.50. The summed E-state index contributed by atoms with van der Waals surface area (Å²) in [4.78, 5) is 11.7. The Labute approximate surface area is 161 Å². The van der Waals surface area contributed by atoms with Crippen LogP contribution in [0, 0.1) is 0 Å². The molecule has 2 aromatic heterocycles. The van der Waals surface area contributed by atoms with Gasteiger partial charge >= 0.3 is 15.6 Å². The van der Waals surface area contributed by atoms with Gasteiger partial charge in [-0.1, -0.05) is 6.07 Å². The molecule has 3 N–H and O–H groups in total. The third kappa shape index (κ3) is 4.31. The third-order valence-corrected chi connectivity index (χ3v) is 4.47. The van der Waals surface area contributed by atoms with Crippen molar-refractivity contribution in [3.63, 3.8) is 0 Å². The van der Waals surface area contributed by atoms with Crippen LogP contribution in [0.2, 0.25) is 0 Å². The summed E-state index contributed by atoms with van der Waals surface area (Å²) in [5.74, 6) is -1.06. The first kappa shape index (κ1) is 20.2. The fraction of sp³-hybridized carbons (Fsp3) is 0.133. The molecule has 0 aliphatic carbocycles. The van der Waals surface area contributed by atoms with Crippen molar-refractivity contribution in [2.75, 3.05) is 5.32 Å². The van der Waals surface area contributed by atoms with E-state index in [1.165, 1.54) is 23.0 Å². The number of nitrogens with zero attached hydrogens (tertiary/aromatic N) is 4. The molecule has 0 radical (unpaired) electrons. The number of primary amides is 1. The van der Waals surface area contributed by atoms with Crippen LogP contribution in [0.15, 0.2) is 42.7 Å². The Hall–Kier alpha value is -3.55. The van der Waals surface area contributed by atoms with Crippen LogP contribution >= 0.6 is 0 Å². The second kappa shape index (κ2) is 7.12. The van der Waals surface area contributed by atoms with Gasteiger partial charge in [0.05, 0.1) is 17.6 Å². The van der Waals surface area contributed by atoms with Crippen LogP contribution in [0.25, 0.3) is 5.69 Å². The number of amides is 1. The van der Waals surface area contributed by atoms with Crippen molar-refractivity contribution in [3.05, 3.63) is 48.4 Å². The zero-order valence-electron chi connectivity index (χ0n) is 14.6. The Morgan fingerprint density at radius 3 is 2.55 bits per heavy atom. The highest BCUT2D eigenvalue weighted by Gasteiger charge is 2.48. The fourth-order valence-electron chi connectivity index (χ4n) is 2.25. The predicted molar refractivity (Wildman–Crippen MR) is 94.2 cm³/mol. The minimum Gasteiger partial charge on any atom is -0.376 e. The van der Waals surface area contributed by atoms with Gasteiger partial charge in [0.1, 0.15) is 5.75 Å². The molecule has 2 heterocycles. The smallest absolute Gasteiger partial charge is 0.376 e. The average molecular weight is 430 g/mol. The minimum atomic E-state index is -5.83. The Morgan fingerprint density at radius 1 is 1.24 bits per heavy atom. The van der Waals surface area contributed by atoms with Gasteiger partial charge in [-0.15, -0.1) is 0 Å². The Kier molecular flexibility index (Phi) is 4.96. The molecule has 29 heavy (non-hydrogen) atoms. The van der Waals surface area contributed by atoms with Crippen LogP contribution in [0.4, 0.5) is 24.7 Å². The van der Waals surface area contributed by atoms with Crippen molar-refractivity contribution in [2.24, 2.45) is 12.8 Å². The maximum Gasteiger partial charge on any atom is 0.534 e. The number of nitrogens with two attached hydrogens (primary N) is 1. The van der Waals surface area contributed by atoms with Gasteiger partial charge in [-0.05, 0) is 12.1 Å². The van der Waals surface area contributed by atoms with E-state index in [1.807, 2.05) is 0 Å². The molecular formula is C15H13F3N6O4S. The van der Waals surface area contributed by atoms with Crippen LogP contribution in [-0.4, -0.2) is 39.4 Å². The number of hydrogen-bond acceptors (Lipinski definition) is 7. The van der Waals surface area contributed by atoms with E-state index in [4.69, 9.17) is 5.73 Å². The number of hydrogen-bond donors (Lipinski definition) is 2. The molecule has 0 saturated heterocycles. The molecule has 0 fully saturated rings. The average Bonchev–Trinajstić information content (AvgIpc) is 3.20. The van der Waals surface area contributed by atoms with Gasteiger partial charge in [0.25, 0.3) is 5.91 Å². The maximum absolute atomic E-state index is 12.5. The van der Waals surface area contributed by atoms with Crippen molar-refractivity contribution in [1.82, 2.24) is 19.6 Å². The number of aryl methyl sites for hydroxylation is 1. The topological polar surface area (TPSA) is 134 Å². The monoisotopic (exact) mass is 430 g/mol. The highest BCUT2D eigenvalue weighted by molar-refractivity contribution is 7.88. The van der Waals surface area contributed by atoms with Crippen LogP contribution in [-0.2, 0) is 17.2 Å². The van der Waals surface area contributed by atoms with E-state index < -0.39 is 27.3 Å². The number of anilines is 2. The van der Waals surface area contributed by atoms with E-state index >= 15 is 0 Å². The van der Waals surface area contributed by atoms with E-state index in [2.05, 4.69) is 19.7 Å². The lowest BCUT2D eigenvalue weighted by molar-refractivity contribution is -0.0500. The first-order chi connectivity index (χ1) is 13.5. The Morgan fingerprint density at radius 2 is 1.97 bits per heavy atom. The quantitative estimate of drug-likeness (QED) is 0.449. The summed E-state index contributed by atoms with van der Waals surface area (Å²) in [7, 11) is -4.15. The lowest BCUT2D eigenvalue weighted by Crippen LogP contribution is -2.28. The van der Waals surface area contributed by atoms with Crippen molar-refractivity contribution >= 4 is 27.5 Å². The largest absolute Gasteiger partial charge is 0.534 e. The number of nitrogens with one attached hydrogen (secondary N) is 1. The molecule has 0 aliphatic heterocycles. The van der Waals surface area contributed by atoms with Gasteiger partial charge in [-0.3, -0.25) is 9.48 Å². The van der Waals surface area contributed by atoms with Crippen LogP contribution in [0.3, 0.4) is 0 Å². The number of carbonyl (C=O) groups is 1. The van der Waals surface area contributed by atoms with E-state index in [0.717, 1.165) is 16.8 Å². The number of rotatable bonds is 6. The Balaban J connectivity index is 1.95. The number of carbonyl (C=O) groups excluding carboxylic acids is 1. The van der Waals surface area contributed by atoms with Gasteiger partial charge in [0.2, 0.25) is 0 Å². The van der Waals surface area contributed by atoms with Crippen LogP contribution in [0.5, 0.6) is 5.75 Å². The van der Waals surface area contributed by atoms with E-state index in [9.17, 15) is 26.4 Å². The van der Waals surface area contributed by atoms with E-state index in [-0.39, 0.29) is 17.1 Å². The molecule has 14 heteroatoms. The Bertz CT molecular complexity index is 1170. The van der Waals surface area contributed by atoms with E-state index in [0.29, 0.717) is 5.82 Å². The molecule has 0 bridgehead atoms. The highest BCUT2D eigenvalue weighted by Crippen LogP contribution is 2.28. The van der Waals surface area contributed by atoms with Gasteiger partial charge in [0, 0.05) is 25.4 Å². The summed E-state index contributed by atoms with van der Waals surface area (Å²) < 4.78 is 66.6. The van der Waals surface area contributed by atoms with Gasteiger partial charge in [-0.25, -0.2) is 4.68 Å². The fourth-order valence-corrected chi connectivity index (χ4v) is 2.70. The van der Waals surface area contributed by atoms with Gasteiger partial charge in [0.15, 0.2) is 11.5 Å². The maximum atomic E-state index is 12.5. The van der Waals surface area contributed by atoms with E-state index in [1.54, 1.807) is 19.3 Å². The standard InChI is InChI=1S/C15H13F3N6O4S/c1-23-6-5-12(21-23)20-11-8-24(22-13(11)14(19)25)9-3-2-4-10(7-9)28-29(26,27)15(16,17)18/h2-8H,1H3,(H2,19,25)(H,20,21). The zero-order chi connectivity index (χ0) is 21.4. The summed E-state index contributed by atoms with van der Waals surface area (Å²) in [5.41, 5.74) is -0.114. The second-order valence-electron chi connectivity index (χ2n) is 5.68. The highest BCUT2D eigenvalue weighted by atomic mass is 32.2. The number of halogens is 3. The lowest BCUT2D eigenvalue weighted by Gasteiger charge is -2.10. The first-order valence-electron chi connectivity index (χ1n) is 7.73. The molecule has 0 spiro atoms. The van der Waals surface area contributed by atoms with Crippen molar-refractivity contribution in [2.45, 2.75) is 5.51 Å². The summed E-state index contributed by atoms with van der Waals surface area (Å²) >= 11 is 0. The summed E-state index contributed by atoms with van der Waals surface area (Å²) in [5, 5.41) is 10.9. The van der Waals surface area contributed by atoms with Crippen molar-refractivity contribution in [1.29, 1.82) is 0 Å². The molecule has 3 aromatic rings. The van der Waals surface area contributed by atoms with Gasteiger partial charge in [-0.2, -0.15) is 31.8 Å². The molecule has 3 rings (SSSR count). The number of benzene rings is 1. The molecule has 10 nitrogen and oxygen atoms in total. The first-order valence-corrected chi connectivity index (χ1v) is 9.14. The SMILES string of the molecule is Cn1ccc(Nc2cn(-c3cccc(OS(=O)(=O)C(F)(F)F)c3)nc2C(N)=O)n1. The predicted octanol–water partition coefficient (Wildman–Crippen LogP) is 1.68. The second-order valence-corrected chi connectivity index (χ2v) is 7.22. The molecule has 1 aromatic carbocycles. The number of alkyl halides is 3. The number of aromatic nitrogens is 4. The molecule has 1 amide bonds. The van der Waals surface area contributed by atoms with Crippen LogP contribution in [0.1, 0.15) is 10.5 Å². The molecule has 0 saturated carbocycles. The van der Waals surface area contributed by atoms with Crippen LogP contribution < -0.4 is 15.2 Å². The normalized spacial score (nSPS) is 12.0. The summed E-state index contributed by atoms with van der Waals surface area (Å²) in [6.07, 6.45) is 2.99. The van der Waals surface area contributed by atoms with Crippen molar-refractivity contribution in [3.8, 4) is 11.4 Å². The molecule has 0 aliphatic rings. The zero-order valence-corrected chi connectivity index (χ0v) is 15.4. The summed E-state index contributed by atoms with van der Waals surface area (Å²) in [6.45, 7) is 0. The molecule has 154 valence electrons. The van der Waals surface area contributed by atoms with Crippen molar-refractivity contribution < 1.29 is 30.6 Å². The molecular weight excluding hydrogens is 417 g/mol. The summed E-state index contributed by atoms with van der Waals surface area (Å²) in [6, 6.07) is 6.33. The minimum absolute atomic E-state index is 0.122. The molecule has 0 unspecified atom stereocenters. The van der Waals surface area contributed by atoms with Gasteiger partial charge < -0.3 is 15.2 Å². The molecule has 0 atom stereocenters. The lowest BCUT2D eigenvalue weighted by atomic mass is 10.3.